The predicted octanol–water partition coefficient (Wildman–Crippen LogP) is 1.14. The van der Waals surface area contributed by atoms with Crippen LogP contribution in [0.1, 0.15) is 18.1 Å². The van der Waals surface area contributed by atoms with Crippen molar-refractivity contribution in [1.82, 2.24) is 10.0 Å². The summed E-state index contributed by atoms with van der Waals surface area (Å²) in [6.07, 6.45) is 1.56. The molecule has 0 bridgehead atoms. The van der Waals surface area contributed by atoms with Crippen molar-refractivity contribution in [3.8, 4) is 0 Å². The zero-order valence-electron chi connectivity index (χ0n) is 9.73. The predicted molar refractivity (Wildman–Crippen MR) is 67.0 cm³/mol. The average molecular weight is 252 g/mol. The van der Waals surface area contributed by atoms with Gasteiger partial charge in [0, 0.05) is 19.1 Å². The lowest BCUT2D eigenvalue weighted by Crippen LogP contribution is -2.31. The van der Waals surface area contributed by atoms with Crippen LogP contribution >= 0.6 is 0 Å². The van der Waals surface area contributed by atoms with Gasteiger partial charge in [-0.2, -0.15) is 0 Å². The molecule has 1 aromatic carbocycles. The fourth-order valence-electron chi connectivity index (χ4n) is 1.80. The van der Waals surface area contributed by atoms with Gasteiger partial charge < -0.3 is 5.32 Å². The smallest absolute Gasteiger partial charge is 0.241 e. The lowest BCUT2D eigenvalue weighted by molar-refractivity contribution is 0.576. The van der Waals surface area contributed by atoms with Gasteiger partial charge in [0.2, 0.25) is 10.0 Å². The van der Waals surface area contributed by atoms with Crippen LogP contribution in [0.5, 0.6) is 0 Å². The van der Waals surface area contributed by atoms with Crippen molar-refractivity contribution in [2.45, 2.75) is 31.0 Å². The van der Waals surface area contributed by atoms with Gasteiger partial charge in [-0.05, 0) is 30.2 Å². The van der Waals surface area contributed by atoms with E-state index in [9.17, 15) is 8.42 Å². The third-order valence-corrected chi connectivity index (χ3v) is 4.37. The number of benzene rings is 1. The Balaban J connectivity index is 2.31. The molecule has 1 aromatic rings. The van der Waals surface area contributed by atoms with Gasteiger partial charge in [-0.25, -0.2) is 13.1 Å². The molecule has 4 nitrogen and oxygen atoms in total. The maximum absolute atomic E-state index is 12.0. The zero-order chi connectivity index (χ0) is 12.5. The first-order valence-corrected chi connectivity index (χ1v) is 6.98. The normalized spacial score (nSPS) is 16.5. The molecule has 0 aromatic heterocycles. The molecule has 0 aliphatic carbocycles. The van der Waals surface area contributed by atoms with E-state index in [1.165, 1.54) is 5.56 Å². The van der Waals surface area contributed by atoms with Crippen LogP contribution in [0.15, 0.2) is 35.7 Å². The Kier molecular flexibility index (Phi) is 3.33. The van der Waals surface area contributed by atoms with Crippen molar-refractivity contribution in [2.24, 2.45) is 0 Å². The summed E-state index contributed by atoms with van der Waals surface area (Å²) in [6, 6.07) is 4.96. The van der Waals surface area contributed by atoms with Crippen molar-refractivity contribution < 1.29 is 8.42 Å². The maximum atomic E-state index is 12.0. The molecule has 5 heteroatoms. The quantitative estimate of drug-likeness (QED) is 0.790. The van der Waals surface area contributed by atoms with E-state index in [4.69, 9.17) is 0 Å². The lowest BCUT2D eigenvalue weighted by Gasteiger charge is -2.11. The third-order valence-electron chi connectivity index (χ3n) is 2.81. The minimum Gasteiger partial charge on any atom is -0.309 e. The lowest BCUT2D eigenvalue weighted by atomic mass is 10.1. The van der Waals surface area contributed by atoms with Crippen LogP contribution in [-0.4, -0.2) is 14.5 Å². The van der Waals surface area contributed by atoms with Gasteiger partial charge in [0.05, 0.1) is 4.90 Å². The Morgan fingerprint density at radius 2 is 2.12 bits per heavy atom. The zero-order valence-corrected chi connectivity index (χ0v) is 10.5. The SMILES string of the molecule is C=CC(C)NS(=O)(=O)c1ccc2c(c1)CNC2. The molecule has 2 N–H and O–H groups in total. The molecule has 2 rings (SSSR count). The van der Waals surface area contributed by atoms with Crippen LogP contribution in [0, 0.1) is 0 Å². The molecule has 92 valence electrons. The summed E-state index contributed by atoms with van der Waals surface area (Å²) in [5.41, 5.74) is 2.22. The second kappa shape index (κ2) is 4.60. The number of hydrogen-bond acceptors (Lipinski definition) is 3. The van der Waals surface area contributed by atoms with Gasteiger partial charge in [0.1, 0.15) is 0 Å². The van der Waals surface area contributed by atoms with E-state index in [0.717, 1.165) is 18.7 Å². The molecule has 1 aliphatic rings. The van der Waals surface area contributed by atoms with Crippen molar-refractivity contribution >= 4 is 10.0 Å². The fraction of sp³-hybridized carbons (Fsp3) is 0.333. The molecule has 1 heterocycles. The van der Waals surface area contributed by atoms with E-state index < -0.39 is 10.0 Å². The fourth-order valence-corrected chi connectivity index (χ4v) is 3.07. The number of sulfonamides is 1. The first kappa shape index (κ1) is 12.3. The van der Waals surface area contributed by atoms with Crippen molar-refractivity contribution in [3.63, 3.8) is 0 Å². The first-order valence-electron chi connectivity index (χ1n) is 5.50. The summed E-state index contributed by atoms with van der Waals surface area (Å²) in [6.45, 7) is 6.85. The van der Waals surface area contributed by atoms with E-state index in [0.29, 0.717) is 4.90 Å². The minimum atomic E-state index is -3.44. The summed E-state index contributed by atoms with van der Waals surface area (Å²) in [5.74, 6) is 0. The molecule has 0 fully saturated rings. The highest BCUT2D eigenvalue weighted by Gasteiger charge is 2.19. The van der Waals surface area contributed by atoms with Crippen LogP contribution in [0.3, 0.4) is 0 Å². The van der Waals surface area contributed by atoms with Gasteiger partial charge in [0.15, 0.2) is 0 Å². The average Bonchev–Trinajstić information content (AvgIpc) is 2.75. The molecule has 1 aliphatic heterocycles. The number of hydrogen-bond donors (Lipinski definition) is 2. The molecular weight excluding hydrogens is 236 g/mol. The van der Waals surface area contributed by atoms with E-state index in [-0.39, 0.29) is 6.04 Å². The van der Waals surface area contributed by atoms with Crippen LogP contribution in [0.25, 0.3) is 0 Å². The topological polar surface area (TPSA) is 58.2 Å². The van der Waals surface area contributed by atoms with Gasteiger partial charge >= 0.3 is 0 Å². The van der Waals surface area contributed by atoms with Crippen molar-refractivity contribution in [1.29, 1.82) is 0 Å². The highest BCUT2D eigenvalue weighted by molar-refractivity contribution is 7.89. The molecule has 1 atom stereocenters. The Morgan fingerprint density at radius 1 is 1.41 bits per heavy atom. The van der Waals surface area contributed by atoms with Crippen LogP contribution in [-0.2, 0) is 23.1 Å². The Bertz CT molecular complexity index is 537. The second-order valence-corrected chi connectivity index (χ2v) is 5.89. The van der Waals surface area contributed by atoms with Crippen molar-refractivity contribution in [3.05, 3.63) is 42.0 Å². The van der Waals surface area contributed by atoms with E-state index >= 15 is 0 Å². The number of fused-ring (bicyclic) bond motifs is 1. The highest BCUT2D eigenvalue weighted by Crippen LogP contribution is 2.20. The highest BCUT2D eigenvalue weighted by atomic mass is 32.2. The van der Waals surface area contributed by atoms with Gasteiger partial charge in [-0.1, -0.05) is 12.1 Å². The maximum Gasteiger partial charge on any atom is 0.241 e. The summed E-state index contributed by atoms with van der Waals surface area (Å²) >= 11 is 0. The van der Waals surface area contributed by atoms with Gasteiger partial charge in [-0.3, -0.25) is 0 Å². The van der Waals surface area contributed by atoms with Gasteiger partial charge in [-0.15, -0.1) is 6.58 Å². The summed E-state index contributed by atoms with van der Waals surface area (Å²) in [4.78, 5) is 0.314. The standard InChI is InChI=1S/C12H16N2O2S/c1-3-9(2)14-17(15,16)12-5-4-10-7-13-8-11(10)6-12/h3-6,9,13-14H,1,7-8H2,2H3. The van der Waals surface area contributed by atoms with Crippen molar-refractivity contribution in [2.75, 3.05) is 0 Å². The largest absolute Gasteiger partial charge is 0.309 e. The van der Waals surface area contributed by atoms with Crippen LogP contribution < -0.4 is 10.0 Å². The molecule has 0 saturated carbocycles. The first-order chi connectivity index (χ1) is 8.03. The molecule has 17 heavy (non-hydrogen) atoms. The van der Waals surface area contributed by atoms with Gasteiger partial charge in [0.25, 0.3) is 0 Å². The number of rotatable bonds is 4. The molecular formula is C12H16N2O2S. The monoisotopic (exact) mass is 252 g/mol. The minimum absolute atomic E-state index is 0.272. The molecule has 0 amide bonds. The van der Waals surface area contributed by atoms with E-state index in [2.05, 4.69) is 16.6 Å². The molecule has 1 unspecified atom stereocenters. The molecule has 0 spiro atoms. The molecule has 0 saturated heterocycles. The summed E-state index contributed by atoms with van der Waals surface area (Å²) < 4.78 is 26.6. The molecule has 0 radical (unpaired) electrons. The third kappa shape index (κ3) is 2.57. The Hall–Kier alpha value is -1.17. The Labute approximate surface area is 102 Å². The van der Waals surface area contributed by atoms with Crippen LogP contribution in [0.4, 0.5) is 0 Å². The van der Waals surface area contributed by atoms with Crippen LogP contribution in [0.2, 0.25) is 0 Å². The van der Waals surface area contributed by atoms with E-state index in [1.54, 1.807) is 25.1 Å². The number of nitrogens with one attached hydrogen (secondary N) is 2. The Morgan fingerprint density at radius 3 is 2.82 bits per heavy atom. The summed E-state index contributed by atoms with van der Waals surface area (Å²) in [5, 5.41) is 3.19. The second-order valence-electron chi connectivity index (χ2n) is 4.18. The summed E-state index contributed by atoms with van der Waals surface area (Å²) in [7, 11) is -3.44. The van der Waals surface area contributed by atoms with E-state index in [1.807, 2.05) is 6.07 Å².